The van der Waals surface area contributed by atoms with Gasteiger partial charge in [-0.3, -0.25) is 9.59 Å². The number of hydrogen-bond donors (Lipinski definition) is 1. The third-order valence-corrected chi connectivity index (χ3v) is 5.02. The lowest BCUT2D eigenvalue weighted by Crippen LogP contribution is -2.29. The quantitative estimate of drug-likeness (QED) is 0.767. The third-order valence-electron chi connectivity index (χ3n) is 4.14. The Labute approximate surface area is 155 Å². The number of thiazole rings is 1. The Kier molecular flexibility index (Phi) is 4.99. The molecule has 0 atom stereocenters. The second-order valence-electron chi connectivity index (χ2n) is 6.31. The maximum atomic E-state index is 12.2. The van der Waals surface area contributed by atoms with Gasteiger partial charge in [0, 0.05) is 17.0 Å². The molecular weight excluding hydrogens is 348 g/mol. The van der Waals surface area contributed by atoms with Crippen molar-refractivity contribution < 1.29 is 4.79 Å². The van der Waals surface area contributed by atoms with Crippen LogP contribution in [-0.4, -0.2) is 20.7 Å². The van der Waals surface area contributed by atoms with Gasteiger partial charge in [-0.15, -0.1) is 11.3 Å². The normalized spacial score (nSPS) is 10.8. The summed E-state index contributed by atoms with van der Waals surface area (Å²) in [5.74, 6) is -0.331. The zero-order valence-electron chi connectivity index (χ0n) is 15.2. The molecule has 26 heavy (non-hydrogen) atoms. The second kappa shape index (κ2) is 7.21. The van der Waals surface area contributed by atoms with E-state index in [-0.39, 0.29) is 18.0 Å². The zero-order chi connectivity index (χ0) is 18.8. The van der Waals surface area contributed by atoms with Crippen molar-refractivity contribution in [3.05, 3.63) is 62.4 Å². The number of carbonyl (C=O) groups excluding carboxylic acids is 1. The first-order chi connectivity index (χ1) is 12.3. The largest absolute Gasteiger partial charge is 0.300 e. The minimum Gasteiger partial charge on any atom is -0.300 e. The van der Waals surface area contributed by atoms with Gasteiger partial charge in [-0.2, -0.15) is 5.10 Å². The smallest absolute Gasteiger partial charge is 0.267 e. The van der Waals surface area contributed by atoms with E-state index >= 15 is 0 Å². The van der Waals surface area contributed by atoms with E-state index in [1.165, 1.54) is 27.6 Å². The molecule has 0 aliphatic carbocycles. The van der Waals surface area contributed by atoms with Gasteiger partial charge in [0.2, 0.25) is 5.91 Å². The van der Waals surface area contributed by atoms with Crippen molar-refractivity contribution in [3.63, 3.8) is 0 Å². The van der Waals surface area contributed by atoms with Gasteiger partial charge in [0.05, 0.1) is 11.4 Å². The van der Waals surface area contributed by atoms with Crippen LogP contribution in [0.1, 0.15) is 22.4 Å². The summed E-state index contributed by atoms with van der Waals surface area (Å²) in [4.78, 5) is 28.5. The number of amides is 1. The Morgan fingerprint density at radius 1 is 1.12 bits per heavy atom. The van der Waals surface area contributed by atoms with Gasteiger partial charge in [-0.1, -0.05) is 6.07 Å². The molecule has 1 amide bonds. The number of carbonyl (C=O) groups is 1. The molecule has 3 rings (SSSR count). The third kappa shape index (κ3) is 3.88. The second-order valence-corrected chi connectivity index (χ2v) is 7.17. The summed E-state index contributed by atoms with van der Waals surface area (Å²) in [5, 5.41) is 9.45. The van der Waals surface area contributed by atoms with Crippen molar-refractivity contribution >= 4 is 22.4 Å². The highest BCUT2D eigenvalue weighted by Crippen LogP contribution is 2.24. The molecule has 0 spiro atoms. The average Bonchev–Trinajstić information content (AvgIpc) is 2.98. The SMILES string of the molecule is Cc1csc(NC(=O)Cn2nc(-c3cc(C)c(C)cc3C)ccc2=O)n1. The predicted molar refractivity (Wildman–Crippen MR) is 104 cm³/mol. The Morgan fingerprint density at radius 3 is 2.54 bits per heavy atom. The van der Waals surface area contributed by atoms with Crippen LogP contribution >= 0.6 is 11.3 Å². The molecule has 0 bridgehead atoms. The van der Waals surface area contributed by atoms with Crippen LogP contribution in [0.2, 0.25) is 0 Å². The lowest BCUT2D eigenvalue weighted by Gasteiger charge is -2.11. The van der Waals surface area contributed by atoms with Crippen molar-refractivity contribution in [2.45, 2.75) is 34.2 Å². The number of aryl methyl sites for hydroxylation is 4. The fourth-order valence-corrected chi connectivity index (χ4v) is 3.35. The fraction of sp³-hybridized carbons (Fsp3) is 0.263. The average molecular weight is 368 g/mol. The number of benzene rings is 1. The summed E-state index contributed by atoms with van der Waals surface area (Å²) in [6.45, 7) is 7.81. The molecule has 6 nitrogen and oxygen atoms in total. The molecule has 0 aliphatic heterocycles. The Balaban J connectivity index is 1.87. The molecule has 2 heterocycles. The minimum absolute atomic E-state index is 0.158. The first-order valence-corrected chi connectivity index (χ1v) is 9.10. The molecule has 0 saturated heterocycles. The number of hydrogen-bond acceptors (Lipinski definition) is 5. The summed E-state index contributed by atoms with van der Waals surface area (Å²) < 4.78 is 1.18. The van der Waals surface area contributed by atoms with E-state index in [9.17, 15) is 9.59 Å². The van der Waals surface area contributed by atoms with Crippen LogP contribution in [0, 0.1) is 27.7 Å². The van der Waals surface area contributed by atoms with E-state index in [0.29, 0.717) is 10.8 Å². The van der Waals surface area contributed by atoms with Crippen LogP contribution in [0.4, 0.5) is 5.13 Å². The predicted octanol–water partition coefficient (Wildman–Crippen LogP) is 3.24. The summed E-state index contributed by atoms with van der Waals surface area (Å²) >= 11 is 1.35. The van der Waals surface area contributed by atoms with Gasteiger partial charge in [-0.05, 0) is 56.5 Å². The molecule has 0 saturated carbocycles. The van der Waals surface area contributed by atoms with Crippen molar-refractivity contribution in [2.75, 3.05) is 5.32 Å². The molecule has 134 valence electrons. The molecule has 2 aromatic heterocycles. The number of anilines is 1. The number of nitrogens with one attached hydrogen (secondary N) is 1. The van der Waals surface area contributed by atoms with Crippen LogP contribution in [0.15, 0.2) is 34.4 Å². The number of rotatable bonds is 4. The summed E-state index contributed by atoms with van der Waals surface area (Å²) in [6, 6.07) is 7.29. The molecule has 7 heteroatoms. The standard InChI is InChI=1S/C19H20N4O2S/c1-11-7-13(3)15(8-12(11)2)16-5-6-18(25)23(22-16)9-17(24)21-19-20-14(4)10-26-19/h5-8,10H,9H2,1-4H3,(H,20,21,24). The van der Waals surface area contributed by atoms with Crippen molar-refractivity contribution in [1.82, 2.24) is 14.8 Å². The maximum Gasteiger partial charge on any atom is 0.267 e. The van der Waals surface area contributed by atoms with E-state index < -0.39 is 0 Å². The molecule has 0 unspecified atom stereocenters. The first kappa shape index (κ1) is 18.0. The van der Waals surface area contributed by atoms with Gasteiger partial charge < -0.3 is 5.32 Å². The van der Waals surface area contributed by atoms with E-state index in [0.717, 1.165) is 22.4 Å². The Bertz CT molecular complexity index is 1040. The van der Waals surface area contributed by atoms with Crippen LogP contribution < -0.4 is 10.9 Å². The molecule has 3 aromatic rings. The minimum atomic E-state index is -0.331. The van der Waals surface area contributed by atoms with Gasteiger partial charge in [0.25, 0.3) is 5.56 Å². The van der Waals surface area contributed by atoms with Gasteiger partial charge in [0.1, 0.15) is 6.54 Å². The van der Waals surface area contributed by atoms with Crippen LogP contribution in [0.5, 0.6) is 0 Å². The topological polar surface area (TPSA) is 76.9 Å². The van der Waals surface area contributed by atoms with E-state index in [1.807, 2.05) is 26.2 Å². The molecule has 0 fully saturated rings. The first-order valence-electron chi connectivity index (χ1n) is 8.22. The van der Waals surface area contributed by atoms with E-state index in [2.05, 4.69) is 34.5 Å². The zero-order valence-corrected chi connectivity index (χ0v) is 16.0. The number of aromatic nitrogens is 3. The van der Waals surface area contributed by atoms with Crippen LogP contribution in [0.3, 0.4) is 0 Å². The fourth-order valence-electron chi connectivity index (χ4n) is 2.65. The monoisotopic (exact) mass is 368 g/mol. The van der Waals surface area contributed by atoms with Crippen LogP contribution in [-0.2, 0) is 11.3 Å². The van der Waals surface area contributed by atoms with E-state index in [1.54, 1.807) is 6.07 Å². The maximum absolute atomic E-state index is 12.2. The van der Waals surface area contributed by atoms with Gasteiger partial charge >= 0.3 is 0 Å². The highest BCUT2D eigenvalue weighted by atomic mass is 32.1. The summed E-state index contributed by atoms with van der Waals surface area (Å²) in [5.41, 5.74) is 5.59. The van der Waals surface area contributed by atoms with Gasteiger partial charge in [-0.25, -0.2) is 9.67 Å². The molecule has 1 aromatic carbocycles. The highest BCUT2D eigenvalue weighted by Gasteiger charge is 2.11. The van der Waals surface area contributed by atoms with Crippen molar-refractivity contribution in [1.29, 1.82) is 0 Å². The molecule has 1 N–H and O–H groups in total. The Hall–Kier alpha value is -2.80. The van der Waals surface area contributed by atoms with Crippen LogP contribution in [0.25, 0.3) is 11.3 Å². The summed E-state index contributed by atoms with van der Waals surface area (Å²) in [6.07, 6.45) is 0. The van der Waals surface area contributed by atoms with Crippen molar-refractivity contribution in [3.8, 4) is 11.3 Å². The number of nitrogens with zero attached hydrogens (tertiary/aromatic N) is 3. The van der Waals surface area contributed by atoms with Gasteiger partial charge in [0.15, 0.2) is 5.13 Å². The molecule has 0 aliphatic rings. The Morgan fingerprint density at radius 2 is 1.85 bits per heavy atom. The lowest BCUT2D eigenvalue weighted by atomic mass is 9.99. The highest BCUT2D eigenvalue weighted by molar-refractivity contribution is 7.13. The summed E-state index contributed by atoms with van der Waals surface area (Å²) in [7, 11) is 0. The van der Waals surface area contributed by atoms with Crippen molar-refractivity contribution in [2.24, 2.45) is 0 Å². The molecular formula is C19H20N4O2S. The molecule has 0 radical (unpaired) electrons. The lowest BCUT2D eigenvalue weighted by molar-refractivity contribution is -0.117. The van der Waals surface area contributed by atoms with E-state index in [4.69, 9.17) is 0 Å².